The second-order valence-corrected chi connectivity index (χ2v) is 4.80. The molecule has 0 saturated heterocycles. The number of oxime groups is 1. The number of benzene rings is 1. The number of nitrogens with two attached hydrogens (primary N) is 1. The molecule has 112 valence electrons. The van der Waals surface area contributed by atoms with Crippen molar-refractivity contribution in [2.24, 2.45) is 10.9 Å². The second-order valence-electron chi connectivity index (χ2n) is 4.80. The molecule has 0 unspecified atom stereocenters. The summed E-state index contributed by atoms with van der Waals surface area (Å²) in [6, 6.07) is 5.78. The van der Waals surface area contributed by atoms with Gasteiger partial charge >= 0.3 is 0 Å². The van der Waals surface area contributed by atoms with Crippen molar-refractivity contribution in [3.63, 3.8) is 0 Å². The largest absolute Gasteiger partial charge is 0.496 e. The van der Waals surface area contributed by atoms with Crippen molar-refractivity contribution in [3.05, 3.63) is 29.3 Å². The number of rotatable bonds is 8. The third-order valence-corrected chi connectivity index (χ3v) is 3.14. The Bertz CT molecular complexity index is 441. The van der Waals surface area contributed by atoms with Gasteiger partial charge in [0.2, 0.25) is 0 Å². The van der Waals surface area contributed by atoms with E-state index in [-0.39, 0.29) is 5.84 Å². The molecule has 1 aromatic rings. The lowest BCUT2D eigenvalue weighted by Crippen LogP contribution is -2.25. The van der Waals surface area contributed by atoms with Crippen LogP contribution in [-0.2, 0) is 6.54 Å². The molecular formula is C15H25N3O2. The van der Waals surface area contributed by atoms with Crippen molar-refractivity contribution < 1.29 is 9.94 Å². The molecule has 0 aliphatic carbocycles. The van der Waals surface area contributed by atoms with Crippen molar-refractivity contribution in [1.29, 1.82) is 0 Å². The van der Waals surface area contributed by atoms with Crippen molar-refractivity contribution in [3.8, 4) is 5.75 Å². The number of nitrogens with zero attached hydrogens (tertiary/aromatic N) is 2. The second kappa shape index (κ2) is 8.43. The van der Waals surface area contributed by atoms with Gasteiger partial charge in [-0.3, -0.25) is 4.90 Å². The molecule has 0 aliphatic rings. The number of hydrogen-bond acceptors (Lipinski definition) is 4. The van der Waals surface area contributed by atoms with E-state index in [0.717, 1.165) is 32.5 Å². The van der Waals surface area contributed by atoms with Crippen LogP contribution >= 0.6 is 0 Å². The molecule has 0 aromatic heterocycles. The van der Waals surface area contributed by atoms with Crippen LogP contribution in [-0.4, -0.2) is 36.1 Å². The first-order chi connectivity index (χ1) is 9.65. The fraction of sp³-hybridized carbons (Fsp3) is 0.533. The summed E-state index contributed by atoms with van der Waals surface area (Å²) in [5.74, 6) is 0.693. The molecule has 0 spiro atoms. The molecule has 1 aromatic carbocycles. The van der Waals surface area contributed by atoms with E-state index in [4.69, 9.17) is 15.7 Å². The quantitative estimate of drug-likeness (QED) is 0.332. The summed E-state index contributed by atoms with van der Waals surface area (Å²) in [6.45, 7) is 7.42. The van der Waals surface area contributed by atoms with Crippen molar-refractivity contribution in [2.45, 2.75) is 33.2 Å². The summed E-state index contributed by atoms with van der Waals surface area (Å²) >= 11 is 0. The van der Waals surface area contributed by atoms with Gasteiger partial charge in [0.15, 0.2) is 5.84 Å². The van der Waals surface area contributed by atoms with Crippen LogP contribution in [0.3, 0.4) is 0 Å². The minimum Gasteiger partial charge on any atom is -0.496 e. The molecule has 0 bridgehead atoms. The molecule has 20 heavy (non-hydrogen) atoms. The molecule has 3 N–H and O–H groups in total. The molecule has 5 nitrogen and oxygen atoms in total. The molecule has 0 aliphatic heterocycles. The van der Waals surface area contributed by atoms with Crippen LogP contribution < -0.4 is 10.5 Å². The Morgan fingerprint density at radius 3 is 2.45 bits per heavy atom. The van der Waals surface area contributed by atoms with Crippen molar-refractivity contribution in [1.82, 2.24) is 4.90 Å². The van der Waals surface area contributed by atoms with E-state index in [1.165, 1.54) is 5.56 Å². The zero-order chi connectivity index (χ0) is 15.0. The standard InChI is InChI=1S/C15H25N3O2/c1-4-8-18(9-5-2)11-12-6-7-13(15(16)17-19)14(10-12)20-3/h6-7,10,19H,4-5,8-9,11H2,1-3H3,(H2,16,17). The van der Waals surface area contributed by atoms with Gasteiger partial charge in [-0.25, -0.2) is 0 Å². The summed E-state index contributed by atoms with van der Waals surface area (Å²) in [5, 5.41) is 11.8. The molecule has 1 rings (SSSR count). The fourth-order valence-electron chi connectivity index (χ4n) is 2.26. The lowest BCUT2D eigenvalue weighted by molar-refractivity contribution is 0.266. The highest BCUT2D eigenvalue weighted by Crippen LogP contribution is 2.21. The third kappa shape index (κ3) is 4.42. The average molecular weight is 279 g/mol. The maximum absolute atomic E-state index is 8.76. The topological polar surface area (TPSA) is 71.1 Å². The molecule has 0 heterocycles. The molecule has 0 atom stereocenters. The summed E-state index contributed by atoms with van der Waals surface area (Å²) < 4.78 is 5.32. The molecular weight excluding hydrogens is 254 g/mol. The first-order valence-electron chi connectivity index (χ1n) is 7.03. The molecule has 0 radical (unpaired) electrons. The van der Waals surface area contributed by atoms with Crippen LogP contribution in [0.15, 0.2) is 23.4 Å². The Kier molecular flexibility index (Phi) is 6.87. The van der Waals surface area contributed by atoms with Crippen LogP contribution in [0, 0.1) is 0 Å². The minimum atomic E-state index is 0.0624. The predicted octanol–water partition coefficient (Wildman–Crippen LogP) is 2.41. The number of ether oxygens (including phenoxy) is 1. The van der Waals surface area contributed by atoms with Gasteiger partial charge in [-0.05, 0) is 43.6 Å². The van der Waals surface area contributed by atoms with Crippen molar-refractivity contribution in [2.75, 3.05) is 20.2 Å². The third-order valence-electron chi connectivity index (χ3n) is 3.14. The molecule has 0 amide bonds. The van der Waals surface area contributed by atoms with Crippen LogP contribution in [0.2, 0.25) is 0 Å². The summed E-state index contributed by atoms with van der Waals surface area (Å²) in [7, 11) is 1.59. The predicted molar refractivity (Wildman–Crippen MR) is 81.4 cm³/mol. The monoisotopic (exact) mass is 279 g/mol. The van der Waals surface area contributed by atoms with Gasteiger partial charge in [-0.2, -0.15) is 0 Å². The highest BCUT2D eigenvalue weighted by molar-refractivity contribution is 5.99. The van der Waals surface area contributed by atoms with Crippen LogP contribution in [0.4, 0.5) is 0 Å². The van der Waals surface area contributed by atoms with Crippen molar-refractivity contribution >= 4 is 5.84 Å². The average Bonchev–Trinajstić information content (AvgIpc) is 2.46. The summed E-state index contributed by atoms with van der Waals surface area (Å²) in [4.78, 5) is 2.41. The Balaban J connectivity index is 2.91. The lowest BCUT2D eigenvalue weighted by atomic mass is 10.1. The van der Waals surface area contributed by atoms with Crippen LogP contribution in [0.5, 0.6) is 5.75 Å². The SMILES string of the molecule is CCCN(CCC)Cc1ccc(/C(N)=N/O)c(OC)c1. The number of amidine groups is 1. The van der Waals surface area contributed by atoms with Gasteiger partial charge in [0.05, 0.1) is 12.7 Å². The first-order valence-corrected chi connectivity index (χ1v) is 7.03. The molecule has 0 fully saturated rings. The van der Waals surface area contributed by atoms with Gasteiger partial charge in [-0.1, -0.05) is 25.1 Å². The van der Waals surface area contributed by atoms with E-state index in [1.807, 2.05) is 18.2 Å². The minimum absolute atomic E-state index is 0.0624. The van der Waals surface area contributed by atoms with E-state index in [2.05, 4.69) is 23.9 Å². The summed E-state index contributed by atoms with van der Waals surface area (Å²) in [5.41, 5.74) is 7.40. The first kappa shape index (κ1) is 16.3. The van der Waals surface area contributed by atoms with Gasteiger partial charge in [-0.15, -0.1) is 0 Å². The maximum Gasteiger partial charge on any atom is 0.173 e. The molecule has 0 saturated carbocycles. The Hall–Kier alpha value is -1.75. The summed E-state index contributed by atoms with van der Waals surface area (Å²) in [6.07, 6.45) is 2.28. The van der Waals surface area contributed by atoms with Gasteiger partial charge in [0.25, 0.3) is 0 Å². The number of methoxy groups -OCH3 is 1. The Labute approximate surface area is 121 Å². The van der Waals surface area contributed by atoms with E-state index in [1.54, 1.807) is 7.11 Å². The fourth-order valence-corrected chi connectivity index (χ4v) is 2.26. The van der Waals surface area contributed by atoms with E-state index >= 15 is 0 Å². The van der Waals surface area contributed by atoms with Crippen LogP contribution in [0.1, 0.15) is 37.8 Å². The zero-order valence-corrected chi connectivity index (χ0v) is 12.6. The highest BCUT2D eigenvalue weighted by Gasteiger charge is 2.10. The van der Waals surface area contributed by atoms with E-state index in [0.29, 0.717) is 11.3 Å². The van der Waals surface area contributed by atoms with Gasteiger partial charge < -0.3 is 15.7 Å². The molecule has 5 heteroatoms. The normalized spacial score (nSPS) is 11.9. The Morgan fingerprint density at radius 2 is 1.95 bits per heavy atom. The lowest BCUT2D eigenvalue weighted by Gasteiger charge is -2.21. The van der Waals surface area contributed by atoms with E-state index < -0.39 is 0 Å². The van der Waals surface area contributed by atoms with Gasteiger partial charge in [0.1, 0.15) is 5.75 Å². The van der Waals surface area contributed by atoms with Crippen LogP contribution in [0.25, 0.3) is 0 Å². The maximum atomic E-state index is 8.76. The zero-order valence-electron chi connectivity index (χ0n) is 12.6. The van der Waals surface area contributed by atoms with Gasteiger partial charge in [0, 0.05) is 6.54 Å². The van der Waals surface area contributed by atoms with E-state index in [9.17, 15) is 0 Å². The smallest absolute Gasteiger partial charge is 0.173 e. The highest BCUT2D eigenvalue weighted by atomic mass is 16.5. The number of hydrogen-bond donors (Lipinski definition) is 2. The Morgan fingerprint density at radius 1 is 1.30 bits per heavy atom.